The molecule has 1 saturated heterocycles. The minimum atomic E-state index is -0.974. The Labute approximate surface area is 88.5 Å². The fourth-order valence-electron chi connectivity index (χ4n) is 2.05. The predicted octanol–water partition coefficient (Wildman–Crippen LogP) is 2.84. The van der Waals surface area contributed by atoms with Gasteiger partial charge in [-0.2, -0.15) is 0 Å². The van der Waals surface area contributed by atoms with Gasteiger partial charge < -0.3 is 5.32 Å². The second-order valence-corrected chi connectivity index (χ2v) is 4.06. The van der Waals surface area contributed by atoms with Crippen molar-refractivity contribution in [2.75, 3.05) is 13.1 Å². The van der Waals surface area contributed by atoms with Gasteiger partial charge in [-0.15, -0.1) is 0 Å². The van der Waals surface area contributed by atoms with E-state index < -0.39 is 6.17 Å². The lowest BCUT2D eigenvalue weighted by Gasteiger charge is -2.26. The van der Waals surface area contributed by atoms with Crippen LogP contribution in [0.4, 0.5) is 8.78 Å². The van der Waals surface area contributed by atoms with Crippen LogP contribution in [0.5, 0.6) is 0 Å². The number of alkyl halides is 1. The zero-order chi connectivity index (χ0) is 10.7. The Morgan fingerprint density at radius 1 is 1.27 bits per heavy atom. The molecule has 0 radical (unpaired) electrons. The minimum Gasteiger partial charge on any atom is -0.316 e. The van der Waals surface area contributed by atoms with E-state index in [1.807, 2.05) is 0 Å². The molecule has 0 bridgehead atoms. The van der Waals surface area contributed by atoms with E-state index in [-0.39, 0.29) is 11.7 Å². The third-order valence-electron chi connectivity index (χ3n) is 2.94. The average molecular weight is 211 g/mol. The standard InChI is InChI=1S/C12H15F2N/c13-11-5-3-9(4-6-11)12(14)10-2-1-7-15-8-10/h3-6,10,12,15H,1-2,7-8H2. The number of rotatable bonds is 2. The molecule has 1 aliphatic heterocycles. The SMILES string of the molecule is Fc1ccc(C(F)C2CCCNC2)cc1. The first-order chi connectivity index (χ1) is 7.27. The monoisotopic (exact) mass is 211 g/mol. The highest BCUT2D eigenvalue weighted by atomic mass is 19.1. The summed E-state index contributed by atoms with van der Waals surface area (Å²) in [6.45, 7) is 1.70. The van der Waals surface area contributed by atoms with Crippen molar-refractivity contribution < 1.29 is 8.78 Å². The molecule has 1 N–H and O–H groups in total. The zero-order valence-electron chi connectivity index (χ0n) is 8.55. The van der Waals surface area contributed by atoms with Gasteiger partial charge in [-0.3, -0.25) is 0 Å². The van der Waals surface area contributed by atoms with Crippen LogP contribution in [0, 0.1) is 11.7 Å². The first-order valence-corrected chi connectivity index (χ1v) is 5.37. The molecule has 82 valence electrons. The molecule has 2 unspecified atom stereocenters. The molecule has 0 amide bonds. The number of nitrogens with one attached hydrogen (secondary N) is 1. The largest absolute Gasteiger partial charge is 0.316 e. The van der Waals surface area contributed by atoms with E-state index in [1.54, 1.807) is 0 Å². The second kappa shape index (κ2) is 4.71. The van der Waals surface area contributed by atoms with Crippen LogP contribution in [0.25, 0.3) is 0 Å². The highest BCUT2D eigenvalue weighted by Gasteiger charge is 2.24. The highest BCUT2D eigenvalue weighted by Crippen LogP contribution is 2.30. The summed E-state index contributed by atoms with van der Waals surface area (Å²) in [7, 11) is 0. The van der Waals surface area contributed by atoms with Crippen LogP contribution in [-0.2, 0) is 0 Å². The minimum absolute atomic E-state index is 0.0317. The smallest absolute Gasteiger partial charge is 0.129 e. The molecule has 0 aliphatic carbocycles. The quantitative estimate of drug-likeness (QED) is 0.793. The summed E-state index contributed by atoms with van der Waals surface area (Å²) in [5, 5.41) is 3.18. The summed E-state index contributed by atoms with van der Waals surface area (Å²) in [6, 6.07) is 5.71. The maximum atomic E-state index is 14.0. The van der Waals surface area contributed by atoms with Gasteiger partial charge >= 0.3 is 0 Å². The molecule has 1 aromatic carbocycles. The summed E-state index contributed by atoms with van der Waals surface area (Å²) in [5.74, 6) is -0.281. The second-order valence-electron chi connectivity index (χ2n) is 4.06. The van der Waals surface area contributed by atoms with Gasteiger partial charge in [0.15, 0.2) is 0 Å². The maximum absolute atomic E-state index is 14.0. The van der Waals surface area contributed by atoms with E-state index in [2.05, 4.69) is 5.32 Å². The van der Waals surface area contributed by atoms with Gasteiger partial charge in [-0.1, -0.05) is 12.1 Å². The van der Waals surface area contributed by atoms with Crippen LogP contribution < -0.4 is 5.32 Å². The van der Waals surface area contributed by atoms with Crippen molar-refractivity contribution in [3.63, 3.8) is 0 Å². The summed E-state index contributed by atoms with van der Waals surface area (Å²) in [4.78, 5) is 0. The first-order valence-electron chi connectivity index (χ1n) is 5.37. The summed E-state index contributed by atoms with van der Waals surface area (Å²) >= 11 is 0. The van der Waals surface area contributed by atoms with Crippen LogP contribution in [0.15, 0.2) is 24.3 Å². The molecule has 1 nitrogen and oxygen atoms in total. The van der Waals surface area contributed by atoms with E-state index in [1.165, 1.54) is 24.3 Å². The van der Waals surface area contributed by atoms with Gasteiger partial charge in [0.05, 0.1) is 0 Å². The van der Waals surface area contributed by atoms with Crippen molar-refractivity contribution in [3.05, 3.63) is 35.6 Å². The zero-order valence-corrected chi connectivity index (χ0v) is 8.55. The lowest BCUT2D eigenvalue weighted by atomic mass is 9.90. The van der Waals surface area contributed by atoms with Crippen molar-refractivity contribution in [2.24, 2.45) is 5.92 Å². The van der Waals surface area contributed by atoms with Crippen LogP contribution >= 0.6 is 0 Å². The lowest BCUT2D eigenvalue weighted by molar-refractivity contribution is 0.194. The van der Waals surface area contributed by atoms with Crippen LogP contribution in [0.3, 0.4) is 0 Å². The van der Waals surface area contributed by atoms with Gasteiger partial charge in [0.25, 0.3) is 0 Å². The van der Waals surface area contributed by atoms with Gasteiger partial charge in [0.1, 0.15) is 12.0 Å². The predicted molar refractivity (Wildman–Crippen MR) is 55.8 cm³/mol. The third-order valence-corrected chi connectivity index (χ3v) is 2.94. The fourth-order valence-corrected chi connectivity index (χ4v) is 2.05. The van der Waals surface area contributed by atoms with E-state index in [4.69, 9.17) is 0 Å². The molecule has 2 atom stereocenters. The number of hydrogen-bond acceptors (Lipinski definition) is 1. The molecule has 1 aliphatic rings. The van der Waals surface area contributed by atoms with E-state index in [9.17, 15) is 8.78 Å². The molecule has 0 spiro atoms. The maximum Gasteiger partial charge on any atom is 0.129 e. The van der Waals surface area contributed by atoms with Gasteiger partial charge in [-0.25, -0.2) is 8.78 Å². The van der Waals surface area contributed by atoms with E-state index in [0.29, 0.717) is 5.56 Å². The molecular formula is C12H15F2N. The van der Waals surface area contributed by atoms with Crippen LogP contribution in [0.2, 0.25) is 0 Å². The van der Waals surface area contributed by atoms with E-state index >= 15 is 0 Å². The van der Waals surface area contributed by atoms with Crippen molar-refractivity contribution in [2.45, 2.75) is 19.0 Å². The number of hydrogen-bond donors (Lipinski definition) is 1. The van der Waals surface area contributed by atoms with Gasteiger partial charge in [0.2, 0.25) is 0 Å². The average Bonchev–Trinajstić information content (AvgIpc) is 2.30. The molecule has 1 fully saturated rings. The van der Waals surface area contributed by atoms with Crippen molar-refractivity contribution in [1.29, 1.82) is 0 Å². The molecule has 2 rings (SSSR count). The van der Waals surface area contributed by atoms with E-state index in [0.717, 1.165) is 25.9 Å². The van der Waals surface area contributed by atoms with Crippen molar-refractivity contribution >= 4 is 0 Å². The molecule has 1 aromatic rings. The summed E-state index contributed by atoms with van der Waals surface area (Å²) in [6.07, 6.45) is 0.955. The Bertz CT molecular complexity index is 304. The Hall–Kier alpha value is -0.960. The Morgan fingerprint density at radius 3 is 2.60 bits per heavy atom. The topological polar surface area (TPSA) is 12.0 Å². The molecule has 1 heterocycles. The summed E-state index contributed by atoms with van der Waals surface area (Å²) in [5.41, 5.74) is 0.588. The van der Waals surface area contributed by atoms with Crippen molar-refractivity contribution in [1.82, 2.24) is 5.32 Å². The fraction of sp³-hybridized carbons (Fsp3) is 0.500. The van der Waals surface area contributed by atoms with Gasteiger partial charge in [0, 0.05) is 12.5 Å². The molecular weight excluding hydrogens is 196 g/mol. The van der Waals surface area contributed by atoms with Crippen molar-refractivity contribution in [3.8, 4) is 0 Å². The Kier molecular flexibility index (Phi) is 3.31. The van der Waals surface area contributed by atoms with Crippen LogP contribution in [0.1, 0.15) is 24.6 Å². The third kappa shape index (κ3) is 2.53. The molecule has 3 heteroatoms. The molecule has 15 heavy (non-hydrogen) atoms. The Morgan fingerprint density at radius 2 is 2.00 bits per heavy atom. The highest BCUT2D eigenvalue weighted by molar-refractivity contribution is 5.19. The number of halogens is 2. The van der Waals surface area contributed by atoms with Crippen LogP contribution in [-0.4, -0.2) is 13.1 Å². The summed E-state index contributed by atoms with van der Waals surface area (Å²) < 4.78 is 26.6. The first kappa shape index (κ1) is 10.6. The normalized spacial score (nSPS) is 23.7. The van der Waals surface area contributed by atoms with Gasteiger partial charge in [-0.05, 0) is 37.1 Å². The lowest BCUT2D eigenvalue weighted by Crippen LogP contribution is -2.32. The Balaban J connectivity index is 2.05. The number of benzene rings is 1. The molecule has 0 saturated carbocycles. The molecule has 0 aromatic heterocycles. The number of piperidine rings is 1.